The van der Waals surface area contributed by atoms with Crippen molar-refractivity contribution in [3.63, 3.8) is 0 Å². The highest BCUT2D eigenvalue weighted by molar-refractivity contribution is 7.43. The molecule has 0 fully saturated rings. The van der Waals surface area contributed by atoms with Crippen molar-refractivity contribution in [2.75, 3.05) is 19.0 Å². The molecule has 3 unspecified atom stereocenters. The van der Waals surface area contributed by atoms with Gasteiger partial charge in [-0.3, -0.25) is 4.52 Å². The Bertz CT molecular complexity index is 1620. The molecule has 6 rings (SSSR count). The number of nitrogens with zero attached hydrogens (tertiary/aromatic N) is 1. The number of allylic oxidation sites excluding steroid dienone is 6. The predicted octanol–water partition coefficient (Wildman–Crippen LogP) is 10.2. The molecule has 3 aromatic carbocycles. The lowest BCUT2D eigenvalue weighted by Gasteiger charge is -2.29. The third-order valence-electron chi connectivity index (χ3n) is 8.20. The Labute approximate surface area is 274 Å². The Morgan fingerprint density at radius 1 is 0.891 bits per heavy atom. The lowest BCUT2D eigenvalue weighted by Crippen LogP contribution is -2.16. The highest BCUT2D eigenvalue weighted by atomic mass is 31.2. The topological polar surface area (TPSA) is 70.7 Å². The normalized spacial score (nSPS) is 20.1. The van der Waals surface area contributed by atoms with Crippen LogP contribution in [0.4, 0.5) is 11.4 Å². The molecule has 10 heteroatoms. The number of fused-ring (bicyclic) bond motifs is 2. The number of nitrogens with one attached hydrogen (secondary N) is 1. The van der Waals surface area contributed by atoms with Crippen LogP contribution in [0.3, 0.4) is 0 Å². The molecule has 0 radical (unpaired) electrons. The first-order chi connectivity index (χ1) is 22.4. The van der Waals surface area contributed by atoms with Crippen molar-refractivity contribution in [3.05, 3.63) is 125 Å². The van der Waals surface area contributed by atoms with Crippen LogP contribution in [0.25, 0.3) is 0 Å². The van der Waals surface area contributed by atoms with Crippen LogP contribution in [-0.2, 0) is 20.2 Å². The molecule has 240 valence electrons. The van der Waals surface area contributed by atoms with Crippen LogP contribution < -0.4 is 23.8 Å². The lowest BCUT2D eigenvalue weighted by atomic mass is 9.94. The van der Waals surface area contributed by atoms with Gasteiger partial charge < -0.3 is 32.8 Å². The molecule has 0 spiro atoms. The lowest BCUT2D eigenvalue weighted by molar-refractivity contribution is 0.208. The number of para-hydroxylation sites is 5. The molecular formula is C36H40N2O6P2. The van der Waals surface area contributed by atoms with Gasteiger partial charge in [-0.25, -0.2) is 0 Å². The maximum atomic E-state index is 6.48. The molecule has 46 heavy (non-hydrogen) atoms. The van der Waals surface area contributed by atoms with Crippen molar-refractivity contribution in [3.8, 4) is 17.2 Å². The second kappa shape index (κ2) is 14.6. The van der Waals surface area contributed by atoms with Gasteiger partial charge in [0, 0.05) is 19.7 Å². The summed E-state index contributed by atoms with van der Waals surface area (Å²) in [6, 6.07) is 23.5. The number of anilines is 2. The number of benzene rings is 3. The van der Waals surface area contributed by atoms with Crippen molar-refractivity contribution in [1.29, 1.82) is 0 Å². The molecule has 1 heterocycles. The molecule has 3 aliphatic rings. The zero-order valence-corrected chi connectivity index (χ0v) is 28.6. The second-order valence-electron chi connectivity index (χ2n) is 11.5. The summed E-state index contributed by atoms with van der Waals surface area (Å²) in [7, 11) is 0.236. The zero-order chi connectivity index (χ0) is 32.0. The summed E-state index contributed by atoms with van der Waals surface area (Å²) in [4.78, 5) is 2.05. The van der Waals surface area contributed by atoms with E-state index in [1.54, 1.807) is 0 Å². The van der Waals surface area contributed by atoms with Gasteiger partial charge in [0.25, 0.3) is 0 Å². The first-order valence-electron chi connectivity index (χ1n) is 15.5. The van der Waals surface area contributed by atoms with Gasteiger partial charge in [-0.2, -0.15) is 0 Å². The Kier molecular flexibility index (Phi) is 10.2. The molecule has 0 saturated carbocycles. The van der Waals surface area contributed by atoms with Crippen LogP contribution in [0, 0.1) is 11.8 Å². The molecule has 0 aromatic heterocycles. The van der Waals surface area contributed by atoms with Crippen LogP contribution in [0.1, 0.15) is 39.2 Å². The minimum absolute atomic E-state index is 0.189. The summed E-state index contributed by atoms with van der Waals surface area (Å²) in [5, 5.41) is 3.29. The summed E-state index contributed by atoms with van der Waals surface area (Å²) < 4.78 is 38.5. The summed E-state index contributed by atoms with van der Waals surface area (Å²) in [5.74, 6) is 4.25. The molecule has 0 bridgehead atoms. The third kappa shape index (κ3) is 7.36. The molecule has 8 nitrogen and oxygen atoms in total. The molecule has 1 aliphatic heterocycles. The van der Waals surface area contributed by atoms with Crippen LogP contribution in [-0.4, -0.2) is 14.1 Å². The molecule has 3 atom stereocenters. The third-order valence-corrected chi connectivity index (χ3v) is 10.3. The van der Waals surface area contributed by atoms with E-state index in [0.717, 1.165) is 47.0 Å². The molecular weight excluding hydrogens is 618 g/mol. The van der Waals surface area contributed by atoms with E-state index in [9.17, 15) is 0 Å². The second-order valence-corrected chi connectivity index (χ2v) is 13.6. The SMILES string of the molecule is CNC1=C(OP(OCc2ccccc2OP2Oc3ccccc3N(C)c3ccccc3O2)OC2=C(C)C(C)CC=C2)C=CC(C)C1. The fourth-order valence-corrected chi connectivity index (χ4v) is 7.47. The van der Waals surface area contributed by atoms with Gasteiger partial charge in [0.2, 0.25) is 0 Å². The van der Waals surface area contributed by atoms with E-state index in [1.807, 2.05) is 99.0 Å². The van der Waals surface area contributed by atoms with Crippen molar-refractivity contribution in [2.45, 2.75) is 40.2 Å². The van der Waals surface area contributed by atoms with Crippen molar-refractivity contribution in [2.24, 2.45) is 11.8 Å². The van der Waals surface area contributed by atoms with Crippen LogP contribution in [0.15, 0.2) is 120 Å². The summed E-state index contributed by atoms with van der Waals surface area (Å²) >= 11 is 0. The van der Waals surface area contributed by atoms with Gasteiger partial charge in [-0.1, -0.05) is 68.5 Å². The Morgan fingerprint density at radius 2 is 1.54 bits per heavy atom. The number of hydrogen-bond acceptors (Lipinski definition) is 8. The highest BCUT2D eigenvalue weighted by Crippen LogP contribution is 2.52. The molecule has 2 aliphatic carbocycles. The van der Waals surface area contributed by atoms with Crippen molar-refractivity contribution in [1.82, 2.24) is 5.32 Å². The maximum absolute atomic E-state index is 6.48. The molecule has 3 aromatic rings. The summed E-state index contributed by atoms with van der Waals surface area (Å²) in [5.41, 5.74) is 4.84. The van der Waals surface area contributed by atoms with Gasteiger partial charge in [-0.15, -0.1) is 0 Å². The number of rotatable bonds is 10. The van der Waals surface area contributed by atoms with Gasteiger partial charge in [0.05, 0.1) is 23.7 Å². The van der Waals surface area contributed by atoms with Crippen LogP contribution in [0.5, 0.6) is 17.2 Å². The smallest absolute Gasteiger partial charge is 0.418 e. The first kappa shape index (κ1) is 32.0. The average molecular weight is 659 g/mol. The number of hydrogen-bond donors (Lipinski definition) is 1. The quantitative estimate of drug-likeness (QED) is 0.216. The molecule has 1 N–H and O–H groups in total. The van der Waals surface area contributed by atoms with Gasteiger partial charge in [0.1, 0.15) is 17.3 Å². The highest BCUT2D eigenvalue weighted by Gasteiger charge is 2.30. The molecule has 0 amide bonds. The van der Waals surface area contributed by atoms with Gasteiger partial charge in [-0.05, 0) is 79.7 Å². The Hall–Kier alpha value is -3.96. The maximum Gasteiger partial charge on any atom is 0.530 e. The van der Waals surface area contributed by atoms with E-state index in [4.69, 9.17) is 27.1 Å². The van der Waals surface area contributed by atoms with E-state index >= 15 is 0 Å². The van der Waals surface area contributed by atoms with E-state index in [0.29, 0.717) is 29.1 Å². The van der Waals surface area contributed by atoms with E-state index in [-0.39, 0.29) is 6.61 Å². The first-order valence-corrected chi connectivity index (χ1v) is 17.7. The van der Waals surface area contributed by atoms with Crippen LogP contribution >= 0.6 is 17.2 Å². The Morgan fingerprint density at radius 3 is 2.26 bits per heavy atom. The summed E-state index contributed by atoms with van der Waals surface area (Å²) in [6.07, 6.45) is 10.1. The van der Waals surface area contributed by atoms with E-state index in [1.165, 1.54) is 5.57 Å². The standard InChI is InChI=1S/C36H40N2O6P2/c1-25-21-22-34(29(23-25)37-4)42-45(40-32-20-12-13-26(2)27(32)3)39-24-28-14-6-9-17-33(28)41-46-43-35-18-10-7-15-30(35)38(5)31-16-8-11-19-36(31)44-46/h6-12,14-22,25-26,37H,13,23-24H2,1-5H3. The van der Waals surface area contributed by atoms with Crippen molar-refractivity contribution >= 4 is 28.6 Å². The average Bonchev–Trinajstić information content (AvgIpc) is 3.06. The van der Waals surface area contributed by atoms with E-state index in [2.05, 4.69) is 43.1 Å². The fraction of sp³-hybridized carbons (Fsp3) is 0.278. The fourth-order valence-electron chi connectivity index (χ4n) is 5.30. The van der Waals surface area contributed by atoms with E-state index < -0.39 is 17.2 Å². The minimum atomic E-state index is -1.86. The van der Waals surface area contributed by atoms with Crippen LogP contribution in [0.2, 0.25) is 0 Å². The minimum Gasteiger partial charge on any atom is -0.418 e. The monoisotopic (exact) mass is 658 g/mol. The van der Waals surface area contributed by atoms with Crippen molar-refractivity contribution < 1.29 is 27.1 Å². The summed E-state index contributed by atoms with van der Waals surface area (Å²) in [6.45, 7) is 6.67. The predicted molar refractivity (Wildman–Crippen MR) is 185 cm³/mol. The molecule has 0 saturated heterocycles. The van der Waals surface area contributed by atoms with Gasteiger partial charge in [0.15, 0.2) is 11.5 Å². The Balaban J connectivity index is 1.24. The zero-order valence-electron chi connectivity index (χ0n) is 26.8. The van der Waals surface area contributed by atoms with Gasteiger partial charge >= 0.3 is 17.2 Å². The largest absolute Gasteiger partial charge is 0.530 e.